The van der Waals surface area contributed by atoms with Crippen molar-refractivity contribution in [3.8, 4) is 6.07 Å². The van der Waals surface area contributed by atoms with E-state index in [2.05, 4.69) is 10.4 Å². The van der Waals surface area contributed by atoms with Crippen molar-refractivity contribution in [3.63, 3.8) is 0 Å². The summed E-state index contributed by atoms with van der Waals surface area (Å²) >= 11 is 0. The van der Waals surface area contributed by atoms with E-state index < -0.39 is 0 Å². The average molecular weight is 258 g/mol. The van der Waals surface area contributed by atoms with E-state index in [0.717, 1.165) is 25.1 Å². The Kier molecular flexibility index (Phi) is 4.65. The van der Waals surface area contributed by atoms with Gasteiger partial charge in [0.2, 0.25) is 0 Å². The van der Waals surface area contributed by atoms with Gasteiger partial charge in [-0.3, -0.25) is 4.68 Å². The molecule has 1 heterocycles. The lowest BCUT2D eigenvalue weighted by Gasteiger charge is -2.06. The fourth-order valence-electron chi connectivity index (χ4n) is 1.85. The maximum absolute atomic E-state index is 13.2. The van der Waals surface area contributed by atoms with Gasteiger partial charge < -0.3 is 5.32 Å². The minimum absolute atomic E-state index is 0.355. The molecule has 0 aliphatic carbocycles. The summed E-state index contributed by atoms with van der Waals surface area (Å²) in [7, 11) is 0. The largest absolute Gasteiger partial charge is 0.313 e. The quantitative estimate of drug-likeness (QED) is 0.807. The van der Waals surface area contributed by atoms with E-state index in [1.165, 1.54) is 12.1 Å². The zero-order chi connectivity index (χ0) is 13.5. The summed E-state index contributed by atoms with van der Waals surface area (Å²) in [5.74, 6) is -0.368. The number of hydrogen-bond acceptors (Lipinski definition) is 3. The van der Waals surface area contributed by atoms with Crippen LogP contribution >= 0.6 is 0 Å². The van der Waals surface area contributed by atoms with Crippen LogP contribution in [0.4, 0.5) is 4.39 Å². The molecule has 0 aliphatic heterocycles. The standard InChI is InChI=1S/C14H15FN4/c15-14-8-12(10-16)7-13(9-14)11-17-3-1-5-19-6-2-4-18-19/h2,4,6-9,17H,1,3,5,11H2. The third-order valence-electron chi connectivity index (χ3n) is 2.72. The van der Waals surface area contributed by atoms with Crippen molar-refractivity contribution in [1.29, 1.82) is 5.26 Å². The second-order valence-corrected chi connectivity index (χ2v) is 4.26. The molecule has 0 aliphatic rings. The van der Waals surface area contributed by atoms with E-state index in [1.807, 2.05) is 23.0 Å². The van der Waals surface area contributed by atoms with Gasteiger partial charge in [-0.15, -0.1) is 0 Å². The van der Waals surface area contributed by atoms with Gasteiger partial charge in [0.15, 0.2) is 0 Å². The number of nitrogens with one attached hydrogen (secondary N) is 1. The van der Waals surface area contributed by atoms with Gasteiger partial charge in [0, 0.05) is 25.5 Å². The molecule has 0 bridgehead atoms. The summed E-state index contributed by atoms with van der Waals surface area (Å²) in [5, 5.41) is 16.1. The van der Waals surface area contributed by atoms with E-state index in [9.17, 15) is 4.39 Å². The fraction of sp³-hybridized carbons (Fsp3) is 0.286. The fourth-order valence-corrected chi connectivity index (χ4v) is 1.85. The van der Waals surface area contributed by atoms with Gasteiger partial charge in [-0.2, -0.15) is 10.4 Å². The summed E-state index contributed by atoms with van der Waals surface area (Å²) in [6.45, 7) is 2.23. The Morgan fingerprint density at radius 2 is 2.26 bits per heavy atom. The molecule has 5 heteroatoms. The van der Waals surface area contributed by atoms with Gasteiger partial charge in [-0.1, -0.05) is 0 Å². The maximum atomic E-state index is 13.2. The van der Waals surface area contributed by atoms with Gasteiger partial charge in [0.1, 0.15) is 5.82 Å². The van der Waals surface area contributed by atoms with Crippen molar-refractivity contribution < 1.29 is 4.39 Å². The summed E-state index contributed by atoms with van der Waals surface area (Å²) in [6.07, 6.45) is 4.62. The molecular formula is C14H15FN4. The SMILES string of the molecule is N#Cc1cc(F)cc(CNCCCn2cccn2)c1. The Labute approximate surface area is 111 Å². The monoisotopic (exact) mass is 258 g/mol. The highest BCUT2D eigenvalue weighted by atomic mass is 19.1. The Balaban J connectivity index is 1.73. The highest BCUT2D eigenvalue weighted by Gasteiger charge is 2.00. The Morgan fingerprint density at radius 1 is 1.37 bits per heavy atom. The molecule has 1 N–H and O–H groups in total. The molecular weight excluding hydrogens is 243 g/mol. The molecule has 2 rings (SSSR count). The minimum atomic E-state index is -0.368. The minimum Gasteiger partial charge on any atom is -0.313 e. The molecule has 2 aromatic rings. The molecule has 0 saturated carbocycles. The van der Waals surface area contributed by atoms with Gasteiger partial charge in [-0.05, 0) is 42.8 Å². The number of halogens is 1. The number of nitriles is 1. The smallest absolute Gasteiger partial charge is 0.124 e. The number of rotatable bonds is 6. The van der Waals surface area contributed by atoms with E-state index in [0.29, 0.717) is 12.1 Å². The molecule has 98 valence electrons. The number of aromatic nitrogens is 2. The van der Waals surface area contributed by atoms with Crippen molar-refractivity contribution >= 4 is 0 Å². The number of hydrogen-bond donors (Lipinski definition) is 1. The second-order valence-electron chi connectivity index (χ2n) is 4.26. The van der Waals surface area contributed by atoms with Crippen LogP contribution in [0.25, 0.3) is 0 Å². The highest BCUT2D eigenvalue weighted by Crippen LogP contribution is 2.08. The van der Waals surface area contributed by atoms with Crippen LogP contribution in [0.1, 0.15) is 17.5 Å². The first-order valence-electron chi connectivity index (χ1n) is 6.15. The normalized spacial score (nSPS) is 10.3. The molecule has 0 fully saturated rings. The second kappa shape index (κ2) is 6.66. The number of aryl methyl sites for hydroxylation is 1. The van der Waals surface area contributed by atoms with Crippen LogP contribution in [0.3, 0.4) is 0 Å². The lowest BCUT2D eigenvalue weighted by Crippen LogP contribution is -2.16. The van der Waals surface area contributed by atoms with Gasteiger partial charge in [-0.25, -0.2) is 4.39 Å². The molecule has 1 aromatic heterocycles. The molecule has 0 radical (unpaired) electrons. The lowest BCUT2D eigenvalue weighted by atomic mass is 10.1. The van der Waals surface area contributed by atoms with Crippen molar-refractivity contribution in [3.05, 3.63) is 53.6 Å². The summed E-state index contributed by atoms with van der Waals surface area (Å²) in [5.41, 5.74) is 1.14. The third-order valence-corrected chi connectivity index (χ3v) is 2.72. The van der Waals surface area contributed by atoms with Crippen LogP contribution in [0, 0.1) is 17.1 Å². The predicted octanol–water partition coefficient (Wildman–Crippen LogP) is 2.07. The summed E-state index contributed by atoms with van der Waals surface area (Å²) < 4.78 is 15.1. The van der Waals surface area contributed by atoms with Gasteiger partial charge in [0.25, 0.3) is 0 Å². The Morgan fingerprint density at radius 3 is 3.00 bits per heavy atom. The molecule has 0 saturated heterocycles. The number of benzene rings is 1. The Bertz CT molecular complexity index is 557. The van der Waals surface area contributed by atoms with E-state index in [4.69, 9.17) is 5.26 Å². The van der Waals surface area contributed by atoms with Gasteiger partial charge in [0.05, 0.1) is 11.6 Å². The summed E-state index contributed by atoms with van der Waals surface area (Å²) in [6, 6.07) is 8.22. The van der Waals surface area contributed by atoms with Crippen LogP contribution < -0.4 is 5.32 Å². The highest BCUT2D eigenvalue weighted by molar-refractivity contribution is 5.33. The van der Waals surface area contributed by atoms with Gasteiger partial charge >= 0.3 is 0 Å². The van der Waals surface area contributed by atoms with Crippen molar-refractivity contribution in [1.82, 2.24) is 15.1 Å². The molecule has 0 unspecified atom stereocenters. The molecule has 0 amide bonds. The Hall–Kier alpha value is -2.19. The van der Waals surface area contributed by atoms with Crippen molar-refractivity contribution in [2.24, 2.45) is 0 Å². The molecule has 0 atom stereocenters. The van der Waals surface area contributed by atoms with E-state index in [1.54, 1.807) is 12.3 Å². The first kappa shape index (κ1) is 13.2. The van der Waals surface area contributed by atoms with E-state index >= 15 is 0 Å². The molecule has 4 nitrogen and oxygen atoms in total. The predicted molar refractivity (Wildman–Crippen MR) is 69.7 cm³/mol. The zero-order valence-corrected chi connectivity index (χ0v) is 10.5. The molecule has 19 heavy (non-hydrogen) atoms. The molecule has 1 aromatic carbocycles. The summed E-state index contributed by atoms with van der Waals surface area (Å²) in [4.78, 5) is 0. The van der Waals surface area contributed by atoms with Crippen LogP contribution in [0.2, 0.25) is 0 Å². The zero-order valence-electron chi connectivity index (χ0n) is 10.5. The van der Waals surface area contributed by atoms with Crippen LogP contribution in [-0.4, -0.2) is 16.3 Å². The van der Waals surface area contributed by atoms with Crippen molar-refractivity contribution in [2.45, 2.75) is 19.5 Å². The van der Waals surface area contributed by atoms with Crippen LogP contribution in [0.15, 0.2) is 36.7 Å². The van der Waals surface area contributed by atoms with Crippen LogP contribution in [-0.2, 0) is 13.1 Å². The first-order chi connectivity index (χ1) is 9.28. The number of nitrogens with zero attached hydrogens (tertiary/aromatic N) is 3. The molecule has 0 spiro atoms. The van der Waals surface area contributed by atoms with E-state index in [-0.39, 0.29) is 5.82 Å². The van der Waals surface area contributed by atoms with Crippen LogP contribution in [0.5, 0.6) is 0 Å². The van der Waals surface area contributed by atoms with Crippen molar-refractivity contribution in [2.75, 3.05) is 6.54 Å². The lowest BCUT2D eigenvalue weighted by molar-refractivity contribution is 0.542. The first-order valence-corrected chi connectivity index (χ1v) is 6.15. The topological polar surface area (TPSA) is 53.6 Å². The maximum Gasteiger partial charge on any atom is 0.124 e. The third kappa shape index (κ3) is 4.19. The average Bonchev–Trinajstić information content (AvgIpc) is 2.91.